The number of carbonyl (C=O) groups is 1. The molecule has 0 saturated heterocycles. The maximum Gasteiger partial charge on any atom is 0.241 e. The molecule has 1 heterocycles. The minimum atomic E-state index is -3.30. The lowest BCUT2D eigenvalue weighted by atomic mass is 10.0. The van der Waals surface area contributed by atoms with Crippen LogP contribution < -0.4 is 15.4 Å². The second kappa shape index (κ2) is 6.26. The molecular weight excluding hydrogens is 302 g/mol. The van der Waals surface area contributed by atoms with Gasteiger partial charge in [-0.15, -0.1) is 0 Å². The monoisotopic (exact) mass is 325 g/mol. The van der Waals surface area contributed by atoms with Gasteiger partial charge < -0.3 is 11.1 Å². The number of amides is 1. The fourth-order valence-electron chi connectivity index (χ4n) is 2.62. The number of benzene rings is 1. The van der Waals surface area contributed by atoms with E-state index in [1.54, 1.807) is 12.1 Å². The Morgan fingerprint density at radius 1 is 1.41 bits per heavy atom. The molecule has 1 aromatic carbocycles. The van der Waals surface area contributed by atoms with Gasteiger partial charge in [0.25, 0.3) is 0 Å². The maximum atomic E-state index is 12.1. The Hall–Kier alpha value is -1.60. The summed E-state index contributed by atoms with van der Waals surface area (Å²) in [6, 6.07) is 4.76. The molecule has 0 spiro atoms. The van der Waals surface area contributed by atoms with E-state index < -0.39 is 16.1 Å². The van der Waals surface area contributed by atoms with Crippen molar-refractivity contribution in [1.82, 2.24) is 0 Å². The van der Waals surface area contributed by atoms with Crippen LogP contribution in [0.1, 0.15) is 25.8 Å². The molecule has 0 bridgehead atoms. The third kappa shape index (κ3) is 3.78. The fraction of sp³-hybridized carbons (Fsp3) is 0.533. The summed E-state index contributed by atoms with van der Waals surface area (Å²) in [6.45, 7) is 4.46. The zero-order chi connectivity index (χ0) is 16.5. The van der Waals surface area contributed by atoms with Gasteiger partial charge in [-0.2, -0.15) is 0 Å². The van der Waals surface area contributed by atoms with Crippen molar-refractivity contribution in [3.8, 4) is 0 Å². The average molecular weight is 325 g/mol. The number of rotatable bonds is 5. The van der Waals surface area contributed by atoms with Crippen LogP contribution in [0.25, 0.3) is 0 Å². The molecule has 0 fully saturated rings. The van der Waals surface area contributed by atoms with Crippen molar-refractivity contribution in [2.45, 2.75) is 32.7 Å². The van der Waals surface area contributed by atoms with Crippen molar-refractivity contribution in [3.05, 3.63) is 23.8 Å². The summed E-state index contributed by atoms with van der Waals surface area (Å²) in [5.41, 5.74) is 8.03. The van der Waals surface area contributed by atoms with Gasteiger partial charge in [0.05, 0.1) is 18.0 Å². The van der Waals surface area contributed by atoms with Gasteiger partial charge in [-0.05, 0) is 36.5 Å². The first-order valence-corrected chi connectivity index (χ1v) is 9.20. The highest BCUT2D eigenvalue weighted by molar-refractivity contribution is 7.92. The lowest BCUT2D eigenvalue weighted by Gasteiger charge is -2.18. The molecule has 2 rings (SSSR count). The van der Waals surface area contributed by atoms with Crippen LogP contribution in [0.5, 0.6) is 0 Å². The molecule has 1 aromatic rings. The number of nitrogens with zero attached hydrogens (tertiary/aromatic N) is 1. The van der Waals surface area contributed by atoms with Crippen LogP contribution in [0.15, 0.2) is 18.2 Å². The van der Waals surface area contributed by atoms with Gasteiger partial charge in [-0.3, -0.25) is 9.10 Å². The number of fused-ring (bicyclic) bond motifs is 1. The SMILES string of the molecule is CC(C)C[C@H](N)C(=O)Nc1ccc2c(c1)N(S(C)(=O)=O)CC2. The van der Waals surface area contributed by atoms with Crippen LogP contribution >= 0.6 is 0 Å². The molecular formula is C15H23N3O3S. The van der Waals surface area contributed by atoms with E-state index in [0.717, 1.165) is 5.56 Å². The predicted octanol–water partition coefficient (Wildman–Crippen LogP) is 1.32. The van der Waals surface area contributed by atoms with E-state index in [9.17, 15) is 13.2 Å². The molecule has 22 heavy (non-hydrogen) atoms. The molecule has 0 radical (unpaired) electrons. The van der Waals surface area contributed by atoms with Crippen molar-refractivity contribution in [3.63, 3.8) is 0 Å². The highest BCUT2D eigenvalue weighted by atomic mass is 32.2. The molecule has 1 aliphatic heterocycles. The molecule has 6 nitrogen and oxygen atoms in total. The van der Waals surface area contributed by atoms with Crippen LogP contribution in [0.2, 0.25) is 0 Å². The van der Waals surface area contributed by atoms with Crippen molar-refractivity contribution in [2.24, 2.45) is 11.7 Å². The largest absolute Gasteiger partial charge is 0.325 e. The van der Waals surface area contributed by atoms with Crippen molar-refractivity contribution < 1.29 is 13.2 Å². The number of nitrogens with two attached hydrogens (primary N) is 1. The van der Waals surface area contributed by atoms with Crippen molar-refractivity contribution in [1.29, 1.82) is 0 Å². The van der Waals surface area contributed by atoms with Gasteiger partial charge >= 0.3 is 0 Å². The fourth-order valence-corrected chi connectivity index (χ4v) is 3.57. The summed E-state index contributed by atoms with van der Waals surface area (Å²) >= 11 is 0. The molecule has 1 amide bonds. The molecule has 1 atom stereocenters. The number of anilines is 2. The normalized spacial score (nSPS) is 15.8. The second-order valence-electron chi connectivity index (χ2n) is 6.15. The molecule has 0 saturated carbocycles. The van der Waals surface area contributed by atoms with Crippen LogP contribution in [0.3, 0.4) is 0 Å². The molecule has 0 aromatic heterocycles. The Labute approximate surface area is 131 Å². The summed E-state index contributed by atoms with van der Waals surface area (Å²) in [5.74, 6) is 0.0825. The molecule has 3 N–H and O–H groups in total. The van der Waals surface area contributed by atoms with E-state index in [1.807, 2.05) is 19.9 Å². The first kappa shape index (κ1) is 16.8. The summed E-state index contributed by atoms with van der Waals surface area (Å²) in [5, 5.41) is 2.76. The Balaban J connectivity index is 2.17. The first-order valence-electron chi connectivity index (χ1n) is 7.35. The van der Waals surface area contributed by atoms with Gasteiger partial charge in [0, 0.05) is 12.2 Å². The van der Waals surface area contributed by atoms with Crippen molar-refractivity contribution >= 4 is 27.3 Å². The lowest BCUT2D eigenvalue weighted by Crippen LogP contribution is -2.36. The predicted molar refractivity (Wildman–Crippen MR) is 88.4 cm³/mol. The van der Waals surface area contributed by atoms with Gasteiger partial charge in [0.1, 0.15) is 0 Å². The third-order valence-corrected chi connectivity index (χ3v) is 4.85. The van der Waals surface area contributed by atoms with Crippen LogP contribution in [-0.2, 0) is 21.2 Å². The minimum absolute atomic E-state index is 0.252. The van der Waals surface area contributed by atoms with Gasteiger partial charge in [-0.1, -0.05) is 19.9 Å². The van der Waals surface area contributed by atoms with E-state index in [-0.39, 0.29) is 5.91 Å². The second-order valence-corrected chi connectivity index (χ2v) is 8.06. The maximum absolute atomic E-state index is 12.1. The van der Waals surface area contributed by atoms with E-state index in [1.165, 1.54) is 10.6 Å². The molecule has 0 unspecified atom stereocenters. The lowest BCUT2D eigenvalue weighted by molar-refractivity contribution is -0.117. The van der Waals surface area contributed by atoms with Gasteiger partial charge in [0.2, 0.25) is 15.9 Å². The zero-order valence-corrected chi connectivity index (χ0v) is 14.0. The number of nitrogens with one attached hydrogen (secondary N) is 1. The Morgan fingerprint density at radius 3 is 2.68 bits per heavy atom. The van der Waals surface area contributed by atoms with E-state index in [2.05, 4.69) is 5.32 Å². The molecule has 122 valence electrons. The quantitative estimate of drug-likeness (QED) is 0.854. The highest BCUT2D eigenvalue weighted by Gasteiger charge is 2.26. The zero-order valence-electron chi connectivity index (χ0n) is 13.2. The van der Waals surface area contributed by atoms with E-state index in [4.69, 9.17) is 5.73 Å². The number of sulfonamides is 1. The summed E-state index contributed by atoms with van der Waals surface area (Å²) < 4.78 is 24.9. The summed E-state index contributed by atoms with van der Waals surface area (Å²) in [7, 11) is -3.30. The number of carbonyl (C=O) groups excluding carboxylic acids is 1. The Morgan fingerprint density at radius 2 is 2.09 bits per heavy atom. The van der Waals surface area contributed by atoms with E-state index >= 15 is 0 Å². The Bertz CT molecular complexity index is 671. The average Bonchev–Trinajstić information content (AvgIpc) is 2.80. The van der Waals surface area contributed by atoms with Gasteiger partial charge in [-0.25, -0.2) is 8.42 Å². The van der Waals surface area contributed by atoms with E-state index in [0.29, 0.717) is 36.7 Å². The molecule has 7 heteroatoms. The molecule has 0 aliphatic carbocycles. The minimum Gasteiger partial charge on any atom is -0.325 e. The Kier molecular flexibility index (Phi) is 4.77. The summed E-state index contributed by atoms with van der Waals surface area (Å²) in [4.78, 5) is 12.1. The third-order valence-electron chi connectivity index (χ3n) is 3.67. The van der Waals surface area contributed by atoms with Crippen LogP contribution in [0.4, 0.5) is 11.4 Å². The van der Waals surface area contributed by atoms with Crippen molar-refractivity contribution in [2.75, 3.05) is 22.4 Å². The van der Waals surface area contributed by atoms with Gasteiger partial charge in [0.15, 0.2) is 0 Å². The van der Waals surface area contributed by atoms with Crippen LogP contribution in [0, 0.1) is 5.92 Å². The van der Waals surface area contributed by atoms with Crippen LogP contribution in [-0.4, -0.2) is 33.2 Å². The number of hydrogen-bond donors (Lipinski definition) is 2. The number of hydrogen-bond acceptors (Lipinski definition) is 4. The first-order chi connectivity index (χ1) is 10.2. The smallest absolute Gasteiger partial charge is 0.241 e. The topological polar surface area (TPSA) is 92.5 Å². The molecule has 1 aliphatic rings. The standard InChI is InChI=1S/C15H23N3O3S/c1-10(2)8-13(16)15(19)17-12-5-4-11-6-7-18(14(11)9-12)22(3,20)21/h4-5,9-10,13H,6-8,16H2,1-3H3,(H,17,19)/t13-/m0/s1. The summed E-state index contributed by atoms with van der Waals surface area (Å²) in [6.07, 6.45) is 2.47. The highest BCUT2D eigenvalue weighted by Crippen LogP contribution is 2.32.